The van der Waals surface area contributed by atoms with E-state index in [4.69, 9.17) is 5.73 Å². The Morgan fingerprint density at radius 2 is 2.17 bits per heavy atom. The Labute approximate surface area is 104 Å². The fourth-order valence-corrected chi connectivity index (χ4v) is 1.17. The van der Waals surface area contributed by atoms with Crippen LogP contribution in [0.15, 0.2) is 6.07 Å². The molecule has 0 saturated heterocycles. The molecule has 1 rings (SSSR count). The summed E-state index contributed by atoms with van der Waals surface area (Å²) in [5, 5.41) is 2.87. The van der Waals surface area contributed by atoms with Crippen molar-refractivity contribution in [1.82, 2.24) is 9.97 Å². The number of nitrogens with one attached hydrogen (secondary N) is 1. The summed E-state index contributed by atoms with van der Waals surface area (Å²) in [5.74, 6) is -0.207. The molecule has 98 valence electrons. The zero-order valence-corrected chi connectivity index (χ0v) is 10.1. The Morgan fingerprint density at radius 3 is 2.78 bits per heavy atom. The van der Waals surface area contributed by atoms with Gasteiger partial charge in [0.2, 0.25) is 5.82 Å². The molecular weight excluding hydrogens is 240 g/mol. The van der Waals surface area contributed by atoms with Crippen molar-refractivity contribution in [3.05, 3.63) is 17.6 Å². The van der Waals surface area contributed by atoms with Crippen LogP contribution >= 0.6 is 0 Å². The number of carbonyl (C=O) groups excluding carboxylic acids is 2. The third-order valence-electron chi connectivity index (χ3n) is 1.87. The van der Waals surface area contributed by atoms with E-state index in [-0.39, 0.29) is 12.4 Å². The van der Waals surface area contributed by atoms with Crippen LogP contribution in [0, 0.1) is 6.92 Å². The topological polar surface area (TPSA) is 116 Å². The van der Waals surface area contributed by atoms with Crippen LogP contribution in [0.3, 0.4) is 0 Å². The van der Waals surface area contributed by atoms with Crippen molar-refractivity contribution in [3.8, 4) is 0 Å². The van der Waals surface area contributed by atoms with Gasteiger partial charge in [0.05, 0.1) is 13.7 Å². The van der Waals surface area contributed by atoms with E-state index in [1.54, 1.807) is 13.0 Å². The second-order valence-corrected chi connectivity index (χ2v) is 3.30. The van der Waals surface area contributed by atoms with E-state index >= 15 is 0 Å². The van der Waals surface area contributed by atoms with Gasteiger partial charge in [-0.3, -0.25) is 0 Å². The number of methoxy groups -OCH3 is 1. The van der Waals surface area contributed by atoms with Gasteiger partial charge in [0.15, 0.2) is 0 Å². The maximum absolute atomic E-state index is 11.3. The van der Waals surface area contributed by atoms with Crippen LogP contribution in [0.4, 0.5) is 10.6 Å². The number of carbonyl (C=O) groups is 2. The van der Waals surface area contributed by atoms with Crippen molar-refractivity contribution < 1.29 is 19.1 Å². The van der Waals surface area contributed by atoms with Crippen molar-refractivity contribution >= 4 is 17.9 Å². The number of ether oxygens (including phenoxy) is 2. The molecule has 8 nitrogen and oxygen atoms in total. The van der Waals surface area contributed by atoms with Crippen LogP contribution in [0.25, 0.3) is 0 Å². The number of esters is 1. The van der Waals surface area contributed by atoms with Gasteiger partial charge in [0.1, 0.15) is 12.4 Å². The molecule has 0 atom stereocenters. The Hall–Kier alpha value is -2.38. The Balaban J connectivity index is 2.63. The summed E-state index contributed by atoms with van der Waals surface area (Å²) in [5.41, 5.74) is 5.42. The summed E-state index contributed by atoms with van der Waals surface area (Å²) in [6.07, 6.45) is -0.842. The van der Waals surface area contributed by atoms with Crippen molar-refractivity contribution in [2.75, 3.05) is 25.6 Å². The third-order valence-corrected chi connectivity index (χ3v) is 1.87. The number of nitrogens with zero attached hydrogens (tertiary/aromatic N) is 2. The number of rotatable bonds is 5. The minimum Gasteiger partial charge on any atom is -0.463 e. The first-order chi connectivity index (χ1) is 8.52. The van der Waals surface area contributed by atoms with Crippen LogP contribution in [0.2, 0.25) is 0 Å². The predicted molar refractivity (Wildman–Crippen MR) is 62.1 cm³/mol. The Morgan fingerprint density at radius 1 is 1.44 bits per heavy atom. The maximum Gasteiger partial charge on any atom is 0.404 e. The predicted octanol–water partition coefficient (Wildman–Crippen LogP) is 0.0788. The number of primary amides is 1. The third kappa shape index (κ3) is 4.24. The standard InChI is InChI=1S/C10H14N4O4/c1-6-5-7(12-3-4-18-10(11)16)14-8(13-6)9(15)17-2/h5H,3-4H2,1-2H3,(H2,11,16)(H,12,13,14). The molecule has 0 aromatic carbocycles. The zero-order valence-electron chi connectivity index (χ0n) is 10.1. The van der Waals surface area contributed by atoms with Crippen molar-refractivity contribution in [1.29, 1.82) is 0 Å². The minimum absolute atomic E-state index is 0.0316. The van der Waals surface area contributed by atoms with Gasteiger partial charge >= 0.3 is 12.1 Å². The molecule has 0 saturated carbocycles. The molecule has 0 aliphatic carbocycles. The molecule has 0 aliphatic rings. The Kier molecular flexibility index (Phi) is 4.85. The van der Waals surface area contributed by atoms with E-state index in [2.05, 4.69) is 24.8 Å². The van der Waals surface area contributed by atoms with E-state index in [1.807, 2.05) is 0 Å². The average molecular weight is 254 g/mol. The first-order valence-corrected chi connectivity index (χ1v) is 5.13. The number of aromatic nitrogens is 2. The molecule has 0 unspecified atom stereocenters. The highest BCUT2D eigenvalue weighted by Gasteiger charge is 2.11. The molecule has 0 radical (unpaired) electrons. The number of hydrogen-bond acceptors (Lipinski definition) is 7. The van der Waals surface area contributed by atoms with Crippen molar-refractivity contribution in [2.45, 2.75) is 6.92 Å². The SMILES string of the molecule is COC(=O)c1nc(C)cc(NCCOC(N)=O)n1. The fourth-order valence-electron chi connectivity index (χ4n) is 1.17. The normalized spacial score (nSPS) is 9.67. The van der Waals surface area contributed by atoms with Crippen molar-refractivity contribution in [2.24, 2.45) is 5.73 Å². The average Bonchev–Trinajstić information content (AvgIpc) is 2.32. The van der Waals surface area contributed by atoms with Crippen LogP contribution in [0.5, 0.6) is 0 Å². The Bertz CT molecular complexity index is 450. The molecule has 18 heavy (non-hydrogen) atoms. The summed E-state index contributed by atoms with van der Waals surface area (Å²) in [7, 11) is 1.25. The van der Waals surface area contributed by atoms with Gasteiger partial charge in [-0.25, -0.2) is 19.6 Å². The van der Waals surface area contributed by atoms with E-state index < -0.39 is 12.1 Å². The molecule has 0 bridgehead atoms. The first-order valence-electron chi connectivity index (χ1n) is 5.13. The molecule has 3 N–H and O–H groups in total. The quantitative estimate of drug-likeness (QED) is 0.564. The number of hydrogen-bond donors (Lipinski definition) is 2. The van der Waals surface area contributed by atoms with Gasteiger partial charge in [0, 0.05) is 11.8 Å². The van der Waals surface area contributed by atoms with Crippen LogP contribution in [-0.2, 0) is 9.47 Å². The number of aryl methyl sites for hydroxylation is 1. The summed E-state index contributed by atoms with van der Waals surface area (Å²) in [4.78, 5) is 29.5. The molecular formula is C10H14N4O4. The van der Waals surface area contributed by atoms with Crippen LogP contribution in [-0.4, -0.2) is 42.3 Å². The first kappa shape index (κ1) is 13.7. The number of amides is 1. The zero-order chi connectivity index (χ0) is 13.5. The number of nitrogens with two attached hydrogens (primary N) is 1. The van der Waals surface area contributed by atoms with Gasteiger partial charge in [0.25, 0.3) is 0 Å². The van der Waals surface area contributed by atoms with Gasteiger partial charge in [-0.15, -0.1) is 0 Å². The lowest BCUT2D eigenvalue weighted by Gasteiger charge is -2.07. The summed E-state index contributed by atoms with van der Waals surface area (Å²) < 4.78 is 9.06. The summed E-state index contributed by atoms with van der Waals surface area (Å²) >= 11 is 0. The molecule has 1 amide bonds. The van der Waals surface area contributed by atoms with Gasteiger partial charge in [-0.1, -0.05) is 0 Å². The maximum atomic E-state index is 11.3. The van der Waals surface area contributed by atoms with E-state index in [9.17, 15) is 9.59 Å². The number of anilines is 1. The molecule has 1 aromatic rings. The molecule has 1 heterocycles. The molecule has 1 aromatic heterocycles. The van der Waals surface area contributed by atoms with Crippen molar-refractivity contribution in [3.63, 3.8) is 0 Å². The van der Waals surface area contributed by atoms with Crippen LogP contribution in [0.1, 0.15) is 16.3 Å². The lowest BCUT2D eigenvalue weighted by atomic mass is 10.4. The lowest BCUT2D eigenvalue weighted by molar-refractivity contribution is 0.0586. The summed E-state index contributed by atoms with van der Waals surface area (Å²) in [6, 6.07) is 1.65. The van der Waals surface area contributed by atoms with Gasteiger partial charge < -0.3 is 20.5 Å². The smallest absolute Gasteiger partial charge is 0.404 e. The second-order valence-electron chi connectivity index (χ2n) is 3.30. The molecule has 0 aliphatic heterocycles. The van der Waals surface area contributed by atoms with E-state index in [0.29, 0.717) is 18.1 Å². The highest BCUT2D eigenvalue weighted by molar-refractivity contribution is 5.85. The second kappa shape index (κ2) is 6.38. The highest BCUT2D eigenvalue weighted by Crippen LogP contribution is 2.06. The summed E-state index contributed by atoms with van der Waals surface area (Å²) in [6.45, 7) is 2.14. The van der Waals surface area contributed by atoms with E-state index in [1.165, 1.54) is 7.11 Å². The highest BCUT2D eigenvalue weighted by atomic mass is 16.5. The van der Waals surface area contributed by atoms with Crippen LogP contribution < -0.4 is 11.1 Å². The molecule has 0 fully saturated rings. The monoisotopic (exact) mass is 254 g/mol. The largest absolute Gasteiger partial charge is 0.463 e. The molecule has 8 heteroatoms. The van der Waals surface area contributed by atoms with E-state index in [0.717, 1.165) is 0 Å². The van der Waals surface area contributed by atoms with Gasteiger partial charge in [-0.05, 0) is 6.92 Å². The minimum atomic E-state index is -0.842. The fraction of sp³-hybridized carbons (Fsp3) is 0.400. The lowest BCUT2D eigenvalue weighted by Crippen LogP contribution is -2.19. The van der Waals surface area contributed by atoms with Gasteiger partial charge in [-0.2, -0.15) is 0 Å². The molecule has 0 spiro atoms.